The zero-order chi connectivity index (χ0) is 17.3. The van der Waals surface area contributed by atoms with Gasteiger partial charge in [-0.15, -0.1) is 24.8 Å². The summed E-state index contributed by atoms with van der Waals surface area (Å²) in [4.78, 5) is 20.6. The van der Waals surface area contributed by atoms with E-state index in [9.17, 15) is 4.79 Å². The molecule has 3 rings (SSSR count). The van der Waals surface area contributed by atoms with Crippen molar-refractivity contribution in [2.24, 2.45) is 0 Å². The van der Waals surface area contributed by atoms with Crippen LogP contribution in [0.1, 0.15) is 21.9 Å². The summed E-state index contributed by atoms with van der Waals surface area (Å²) in [5, 5.41) is 3.71. The second-order valence-electron chi connectivity index (χ2n) is 5.33. The highest BCUT2D eigenvalue weighted by Crippen LogP contribution is 2.24. The number of hydrogen-bond acceptors (Lipinski definition) is 5. The van der Waals surface area contributed by atoms with Crippen LogP contribution in [0, 0.1) is 6.92 Å². The number of esters is 1. The van der Waals surface area contributed by atoms with Crippen LogP contribution >= 0.6 is 36.4 Å². The van der Waals surface area contributed by atoms with Crippen molar-refractivity contribution in [3.05, 3.63) is 52.4 Å². The van der Waals surface area contributed by atoms with Gasteiger partial charge in [-0.1, -0.05) is 17.7 Å². The quantitative estimate of drug-likeness (QED) is 0.647. The minimum Gasteiger partial charge on any atom is -0.464 e. The lowest BCUT2D eigenvalue weighted by molar-refractivity contribution is 0.0594. The molecule has 0 bridgehead atoms. The lowest BCUT2D eigenvalue weighted by Crippen LogP contribution is -2.07. The van der Waals surface area contributed by atoms with Crippen LogP contribution in [0.2, 0.25) is 5.02 Å². The van der Waals surface area contributed by atoms with Crippen LogP contribution in [-0.4, -0.2) is 34.7 Å². The first-order chi connectivity index (χ1) is 11.5. The summed E-state index contributed by atoms with van der Waals surface area (Å²) in [6.45, 7) is 2.41. The maximum Gasteiger partial charge on any atom is 0.356 e. The summed E-state index contributed by atoms with van der Waals surface area (Å²) in [6.07, 6.45) is 0. The number of ether oxygens (including phenoxy) is 1. The van der Waals surface area contributed by atoms with Crippen molar-refractivity contribution in [1.82, 2.24) is 14.5 Å². The molecule has 0 amide bonds. The molecule has 0 radical (unpaired) electrons. The standard InChI is InChI=1S/C17H17ClN4O2.2ClH/c1-10-20-14-6-7-15(17(23)24-3)21-16(14)22(10)9-11-4-5-12(19-2)8-13(11)18;;/h4-8,19H,9H2,1-3H3;2*1H. The molecule has 0 saturated carbocycles. The molecule has 0 aliphatic rings. The number of rotatable bonds is 4. The van der Waals surface area contributed by atoms with Crippen molar-refractivity contribution >= 4 is 59.2 Å². The molecule has 2 heterocycles. The number of halogens is 3. The van der Waals surface area contributed by atoms with Crippen LogP contribution in [-0.2, 0) is 11.3 Å². The van der Waals surface area contributed by atoms with Crippen molar-refractivity contribution in [3.8, 4) is 0 Å². The Bertz CT molecular complexity index is 928. The maximum absolute atomic E-state index is 11.7. The summed E-state index contributed by atoms with van der Waals surface area (Å²) in [5.41, 5.74) is 3.50. The summed E-state index contributed by atoms with van der Waals surface area (Å²) >= 11 is 6.36. The van der Waals surface area contributed by atoms with E-state index >= 15 is 0 Å². The monoisotopic (exact) mass is 416 g/mol. The summed E-state index contributed by atoms with van der Waals surface area (Å²) in [7, 11) is 3.18. The van der Waals surface area contributed by atoms with Crippen molar-refractivity contribution in [2.75, 3.05) is 19.5 Å². The van der Waals surface area contributed by atoms with Crippen LogP contribution in [0.5, 0.6) is 0 Å². The van der Waals surface area contributed by atoms with Gasteiger partial charge in [0.05, 0.1) is 13.7 Å². The minimum atomic E-state index is -0.473. The van der Waals surface area contributed by atoms with E-state index in [1.807, 2.05) is 36.7 Å². The normalized spacial score (nSPS) is 10.0. The van der Waals surface area contributed by atoms with Gasteiger partial charge in [0.25, 0.3) is 0 Å². The van der Waals surface area contributed by atoms with Crippen molar-refractivity contribution < 1.29 is 9.53 Å². The highest BCUT2D eigenvalue weighted by atomic mass is 35.5. The van der Waals surface area contributed by atoms with E-state index in [0.29, 0.717) is 17.2 Å². The minimum absolute atomic E-state index is 0. The molecule has 6 nitrogen and oxygen atoms in total. The molecule has 0 aliphatic heterocycles. The molecule has 26 heavy (non-hydrogen) atoms. The Kier molecular flexibility index (Phi) is 7.68. The molecule has 9 heteroatoms. The molecule has 3 aromatic rings. The third-order valence-electron chi connectivity index (χ3n) is 3.85. The van der Waals surface area contributed by atoms with Crippen LogP contribution < -0.4 is 5.32 Å². The van der Waals surface area contributed by atoms with Gasteiger partial charge in [0.1, 0.15) is 11.3 Å². The fraction of sp³-hybridized carbons (Fsp3) is 0.235. The first-order valence-electron chi connectivity index (χ1n) is 7.42. The Balaban J connectivity index is 0.00000169. The van der Waals surface area contributed by atoms with Gasteiger partial charge in [-0.3, -0.25) is 0 Å². The lowest BCUT2D eigenvalue weighted by atomic mass is 10.2. The SMILES string of the molecule is CNc1ccc(Cn2c(C)nc3ccc(C(=O)OC)nc32)c(Cl)c1.Cl.Cl. The number of pyridine rings is 1. The number of aromatic nitrogens is 3. The number of nitrogens with zero attached hydrogens (tertiary/aromatic N) is 3. The average molecular weight is 418 g/mol. The summed E-state index contributed by atoms with van der Waals surface area (Å²) in [6, 6.07) is 9.18. The maximum atomic E-state index is 11.7. The van der Waals surface area contributed by atoms with E-state index in [2.05, 4.69) is 15.3 Å². The Morgan fingerprint density at radius 1 is 1.23 bits per heavy atom. The highest BCUT2D eigenvalue weighted by molar-refractivity contribution is 6.31. The van der Waals surface area contributed by atoms with E-state index in [1.54, 1.807) is 12.1 Å². The number of methoxy groups -OCH3 is 1. The Labute approximate surface area is 168 Å². The largest absolute Gasteiger partial charge is 0.464 e. The fourth-order valence-electron chi connectivity index (χ4n) is 2.52. The molecule has 0 unspecified atom stereocenters. The van der Waals surface area contributed by atoms with Crippen molar-refractivity contribution in [3.63, 3.8) is 0 Å². The molecule has 0 atom stereocenters. The van der Waals surface area contributed by atoms with Crippen LogP contribution in [0.3, 0.4) is 0 Å². The van der Waals surface area contributed by atoms with E-state index in [1.165, 1.54) is 7.11 Å². The second-order valence-corrected chi connectivity index (χ2v) is 5.74. The van der Waals surface area contributed by atoms with E-state index in [-0.39, 0.29) is 30.5 Å². The van der Waals surface area contributed by atoms with E-state index in [4.69, 9.17) is 16.3 Å². The van der Waals surface area contributed by atoms with E-state index in [0.717, 1.165) is 22.6 Å². The molecule has 1 N–H and O–H groups in total. The predicted octanol–water partition coefficient (Wildman–Crippen LogP) is 4.11. The van der Waals surface area contributed by atoms with Crippen LogP contribution in [0.25, 0.3) is 11.2 Å². The number of hydrogen-bond donors (Lipinski definition) is 1. The Hall–Kier alpha value is -2.02. The summed E-state index contributed by atoms with van der Waals surface area (Å²) in [5.74, 6) is 0.326. The topological polar surface area (TPSA) is 69.0 Å². The van der Waals surface area contributed by atoms with Gasteiger partial charge in [0.15, 0.2) is 11.3 Å². The zero-order valence-corrected chi connectivity index (χ0v) is 16.8. The van der Waals surface area contributed by atoms with Gasteiger partial charge in [-0.2, -0.15) is 0 Å². The third kappa shape index (κ3) is 4.20. The van der Waals surface area contributed by atoms with Crippen LogP contribution in [0.15, 0.2) is 30.3 Å². The fourth-order valence-corrected chi connectivity index (χ4v) is 2.76. The molecular weight excluding hydrogens is 399 g/mol. The number of benzene rings is 1. The molecule has 0 fully saturated rings. The van der Waals surface area contributed by atoms with Gasteiger partial charge < -0.3 is 14.6 Å². The number of nitrogens with one attached hydrogen (secondary N) is 1. The number of carbonyl (C=O) groups excluding carboxylic acids is 1. The number of aryl methyl sites for hydroxylation is 1. The number of imidazole rings is 1. The zero-order valence-electron chi connectivity index (χ0n) is 14.4. The first-order valence-corrected chi connectivity index (χ1v) is 7.79. The van der Waals surface area contributed by atoms with Crippen molar-refractivity contribution in [1.29, 1.82) is 0 Å². The predicted molar refractivity (Wildman–Crippen MR) is 108 cm³/mol. The van der Waals surface area contributed by atoms with Gasteiger partial charge >= 0.3 is 5.97 Å². The molecule has 0 aliphatic carbocycles. The van der Waals surface area contributed by atoms with Gasteiger partial charge in [-0.05, 0) is 36.8 Å². The van der Waals surface area contributed by atoms with Gasteiger partial charge in [0.2, 0.25) is 0 Å². The number of fused-ring (bicyclic) bond motifs is 1. The molecular formula is C17H19Cl3N4O2. The second kappa shape index (κ2) is 9.07. The number of carbonyl (C=O) groups is 1. The molecule has 0 saturated heterocycles. The molecule has 1 aromatic carbocycles. The Morgan fingerprint density at radius 2 is 1.96 bits per heavy atom. The lowest BCUT2D eigenvalue weighted by Gasteiger charge is -2.10. The average Bonchev–Trinajstić information content (AvgIpc) is 2.90. The smallest absolute Gasteiger partial charge is 0.356 e. The first kappa shape index (κ1) is 22.0. The molecule has 2 aromatic heterocycles. The highest BCUT2D eigenvalue weighted by Gasteiger charge is 2.14. The van der Waals surface area contributed by atoms with Crippen LogP contribution in [0.4, 0.5) is 5.69 Å². The summed E-state index contributed by atoms with van der Waals surface area (Å²) < 4.78 is 6.67. The Morgan fingerprint density at radius 3 is 2.58 bits per heavy atom. The van der Waals surface area contributed by atoms with Gasteiger partial charge in [-0.25, -0.2) is 14.8 Å². The molecule has 140 valence electrons. The van der Waals surface area contributed by atoms with E-state index < -0.39 is 5.97 Å². The van der Waals surface area contributed by atoms with Crippen molar-refractivity contribution in [2.45, 2.75) is 13.5 Å². The molecule has 0 spiro atoms. The number of anilines is 1. The van der Waals surface area contributed by atoms with Gasteiger partial charge in [0, 0.05) is 17.8 Å². The third-order valence-corrected chi connectivity index (χ3v) is 4.20.